The molecule has 218 valence electrons. The van der Waals surface area contributed by atoms with Gasteiger partial charge >= 0.3 is 0 Å². The molecule has 3 aromatic carbocycles. The lowest BCUT2D eigenvalue weighted by atomic mass is 10.1. The van der Waals surface area contributed by atoms with E-state index in [9.17, 15) is 28.1 Å². The first kappa shape index (κ1) is 31.1. The Morgan fingerprint density at radius 1 is 0.976 bits per heavy atom. The van der Waals surface area contributed by atoms with Crippen LogP contribution in [0.5, 0.6) is 5.75 Å². The van der Waals surface area contributed by atoms with Crippen molar-refractivity contribution in [2.75, 3.05) is 18.0 Å². The number of ether oxygens (including phenoxy) is 1. The van der Waals surface area contributed by atoms with Crippen molar-refractivity contribution in [3.63, 3.8) is 0 Å². The summed E-state index contributed by atoms with van der Waals surface area (Å²) in [5.41, 5.74) is 0.539. The van der Waals surface area contributed by atoms with Crippen LogP contribution in [-0.2, 0) is 26.2 Å². The fourth-order valence-electron chi connectivity index (χ4n) is 3.96. The van der Waals surface area contributed by atoms with E-state index in [-0.39, 0.29) is 34.8 Å². The maximum atomic E-state index is 13.9. The second-order valence-electron chi connectivity index (χ2n) is 9.46. The largest absolute Gasteiger partial charge is 0.497 e. The molecule has 0 aliphatic heterocycles. The number of amides is 2. The van der Waals surface area contributed by atoms with Gasteiger partial charge in [0.2, 0.25) is 11.8 Å². The number of anilines is 1. The Kier molecular flexibility index (Phi) is 10.4. The van der Waals surface area contributed by atoms with Crippen LogP contribution in [0.3, 0.4) is 0 Å². The third-order valence-corrected chi connectivity index (χ3v) is 8.43. The molecular formula is C29H34N4O7S. The van der Waals surface area contributed by atoms with Gasteiger partial charge in [-0.15, -0.1) is 0 Å². The molecular weight excluding hydrogens is 548 g/mol. The van der Waals surface area contributed by atoms with Gasteiger partial charge in [0.25, 0.3) is 15.7 Å². The monoisotopic (exact) mass is 582 g/mol. The van der Waals surface area contributed by atoms with Gasteiger partial charge < -0.3 is 15.0 Å². The summed E-state index contributed by atoms with van der Waals surface area (Å²) in [6.07, 6.45) is 0.689. The van der Waals surface area contributed by atoms with E-state index in [1.165, 1.54) is 48.4 Å². The number of sulfonamides is 1. The molecule has 0 fully saturated rings. The van der Waals surface area contributed by atoms with Crippen LogP contribution in [0, 0.1) is 10.1 Å². The minimum Gasteiger partial charge on any atom is -0.497 e. The third kappa shape index (κ3) is 7.82. The van der Waals surface area contributed by atoms with Gasteiger partial charge in [0.15, 0.2) is 0 Å². The molecule has 3 rings (SSSR count). The van der Waals surface area contributed by atoms with E-state index in [1.807, 2.05) is 13.8 Å². The molecule has 0 aromatic heterocycles. The van der Waals surface area contributed by atoms with Gasteiger partial charge in [0.05, 0.1) is 22.6 Å². The average molecular weight is 583 g/mol. The van der Waals surface area contributed by atoms with Gasteiger partial charge in [-0.3, -0.25) is 24.0 Å². The van der Waals surface area contributed by atoms with E-state index in [4.69, 9.17) is 4.74 Å². The van der Waals surface area contributed by atoms with Crippen molar-refractivity contribution in [1.29, 1.82) is 0 Å². The standard InChI is InChI=1S/C29H34N4O7S/c1-5-21(2)30-29(35)22(3)31(19-23-11-17-26(40-4)18-12-23)28(34)20-32(24-13-15-25(16-14-24)33(36)37)41(38,39)27-9-7-6-8-10-27/h6-18,21-22H,5,19-20H2,1-4H3,(H,30,35)/t21-,22-/m0/s1. The van der Waals surface area contributed by atoms with Gasteiger partial charge in [0.1, 0.15) is 18.3 Å². The molecule has 0 spiro atoms. The normalized spacial score (nSPS) is 12.6. The van der Waals surface area contributed by atoms with Crippen LogP contribution in [-0.4, -0.2) is 55.8 Å². The summed E-state index contributed by atoms with van der Waals surface area (Å²) in [6, 6.07) is 18.4. The molecule has 3 aromatic rings. The highest BCUT2D eigenvalue weighted by Crippen LogP contribution is 2.26. The Hall–Kier alpha value is -4.45. The van der Waals surface area contributed by atoms with Gasteiger partial charge in [-0.05, 0) is 62.2 Å². The summed E-state index contributed by atoms with van der Waals surface area (Å²) in [6.45, 7) is 4.74. The van der Waals surface area contributed by atoms with Crippen LogP contribution in [0.1, 0.15) is 32.8 Å². The van der Waals surface area contributed by atoms with Gasteiger partial charge in [-0.2, -0.15) is 0 Å². The Bertz CT molecular complexity index is 1450. The quantitative estimate of drug-likeness (QED) is 0.236. The molecule has 12 heteroatoms. The number of carbonyl (C=O) groups excluding carboxylic acids is 2. The van der Waals surface area contributed by atoms with Crippen LogP contribution in [0.2, 0.25) is 0 Å². The maximum absolute atomic E-state index is 13.9. The Balaban J connectivity index is 2.02. The van der Waals surface area contributed by atoms with Crippen molar-refractivity contribution in [3.05, 3.63) is 94.5 Å². The van der Waals surface area contributed by atoms with Gasteiger partial charge in [-0.25, -0.2) is 8.42 Å². The Morgan fingerprint density at radius 2 is 1.59 bits per heavy atom. The molecule has 0 saturated heterocycles. The highest BCUT2D eigenvalue weighted by molar-refractivity contribution is 7.92. The summed E-state index contributed by atoms with van der Waals surface area (Å²) in [4.78, 5) is 38.9. The molecule has 0 aliphatic carbocycles. The second kappa shape index (κ2) is 13.8. The van der Waals surface area contributed by atoms with Gasteiger partial charge in [-0.1, -0.05) is 37.3 Å². The number of hydrogen-bond acceptors (Lipinski definition) is 7. The van der Waals surface area contributed by atoms with E-state index in [0.29, 0.717) is 17.7 Å². The summed E-state index contributed by atoms with van der Waals surface area (Å²) in [7, 11) is -2.73. The lowest BCUT2D eigenvalue weighted by Crippen LogP contribution is -2.52. The number of nitrogens with zero attached hydrogens (tertiary/aromatic N) is 3. The molecule has 0 unspecified atom stereocenters. The van der Waals surface area contributed by atoms with Crippen LogP contribution >= 0.6 is 0 Å². The van der Waals surface area contributed by atoms with Crippen LogP contribution in [0.25, 0.3) is 0 Å². The van der Waals surface area contributed by atoms with Crippen molar-refractivity contribution in [2.24, 2.45) is 0 Å². The first-order valence-electron chi connectivity index (χ1n) is 13.0. The molecule has 11 nitrogen and oxygen atoms in total. The molecule has 0 aliphatic rings. The summed E-state index contributed by atoms with van der Waals surface area (Å²) in [5, 5.41) is 14.1. The van der Waals surface area contributed by atoms with E-state index < -0.39 is 33.4 Å². The molecule has 2 atom stereocenters. The zero-order chi connectivity index (χ0) is 30.2. The number of carbonyl (C=O) groups is 2. The minimum absolute atomic E-state index is 0.0252. The molecule has 0 bridgehead atoms. The molecule has 41 heavy (non-hydrogen) atoms. The fraction of sp³-hybridized carbons (Fsp3) is 0.310. The topological polar surface area (TPSA) is 139 Å². The van der Waals surface area contributed by atoms with E-state index in [1.54, 1.807) is 49.4 Å². The predicted octanol–water partition coefficient (Wildman–Crippen LogP) is 4.13. The molecule has 0 radical (unpaired) electrons. The Morgan fingerprint density at radius 3 is 2.12 bits per heavy atom. The smallest absolute Gasteiger partial charge is 0.269 e. The summed E-state index contributed by atoms with van der Waals surface area (Å²) >= 11 is 0. The predicted molar refractivity (Wildman–Crippen MR) is 155 cm³/mol. The van der Waals surface area contributed by atoms with Crippen molar-refractivity contribution in [2.45, 2.75) is 50.7 Å². The molecule has 1 N–H and O–H groups in total. The van der Waals surface area contributed by atoms with Crippen molar-refractivity contribution < 1.29 is 27.7 Å². The molecule has 0 saturated carbocycles. The number of non-ortho nitro benzene ring substituents is 1. The highest BCUT2D eigenvalue weighted by atomic mass is 32.2. The molecule has 2 amide bonds. The van der Waals surface area contributed by atoms with Crippen molar-refractivity contribution >= 4 is 33.2 Å². The zero-order valence-corrected chi connectivity index (χ0v) is 24.2. The highest BCUT2D eigenvalue weighted by Gasteiger charge is 2.33. The number of rotatable bonds is 13. The number of methoxy groups -OCH3 is 1. The van der Waals surface area contributed by atoms with Crippen LogP contribution in [0.4, 0.5) is 11.4 Å². The number of nitrogens with one attached hydrogen (secondary N) is 1. The molecule has 0 heterocycles. The van der Waals surface area contributed by atoms with Crippen LogP contribution < -0.4 is 14.4 Å². The summed E-state index contributed by atoms with van der Waals surface area (Å²) in [5.74, 6) is -0.396. The minimum atomic E-state index is -4.27. The Labute approximate surface area is 239 Å². The SMILES string of the molecule is CC[C@H](C)NC(=O)[C@H](C)N(Cc1ccc(OC)cc1)C(=O)CN(c1ccc([N+](=O)[O-])cc1)S(=O)(=O)c1ccccc1. The van der Waals surface area contributed by atoms with Gasteiger partial charge in [0, 0.05) is 24.7 Å². The number of hydrogen-bond donors (Lipinski definition) is 1. The van der Waals surface area contributed by atoms with E-state index in [0.717, 1.165) is 4.31 Å². The lowest BCUT2D eigenvalue weighted by molar-refractivity contribution is -0.384. The van der Waals surface area contributed by atoms with E-state index in [2.05, 4.69) is 5.32 Å². The second-order valence-corrected chi connectivity index (χ2v) is 11.3. The average Bonchev–Trinajstić information content (AvgIpc) is 2.98. The summed E-state index contributed by atoms with van der Waals surface area (Å²) < 4.78 is 33.6. The lowest BCUT2D eigenvalue weighted by Gasteiger charge is -2.32. The van der Waals surface area contributed by atoms with Crippen molar-refractivity contribution in [1.82, 2.24) is 10.2 Å². The van der Waals surface area contributed by atoms with Crippen molar-refractivity contribution in [3.8, 4) is 5.75 Å². The number of nitro benzene ring substituents is 1. The maximum Gasteiger partial charge on any atom is 0.269 e. The number of nitro groups is 1. The first-order chi connectivity index (χ1) is 19.5. The zero-order valence-electron chi connectivity index (χ0n) is 23.4. The van der Waals surface area contributed by atoms with E-state index >= 15 is 0 Å². The third-order valence-electron chi connectivity index (χ3n) is 6.64. The fourth-order valence-corrected chi connectivity index (χ4v) is 5.40. The first-order valence-corrected chi connectivity index (χ1v) is 14.5. The number of benzene rings is 3. The van der Waals surface area contributed by atoms with Crippen LogP contribution in [0.15, 0.2) is 83.8 Å².